The fourth-order valence-corrected chi connectivity index (χ4v) is 8.99. The molecule has 0 fully saturated rings. The van der Waals surface area contributed by atoms with Gasteiger partial charge in [0.25, 0.3) is 0 Å². The van der Waals surface area contributed by atoms with Gasteiger partial charge in [0.2, 0.25) is 0 Å². The molecule has 2 heterocycles. The lowest BCUT2D eigenvalue weighted by molar-refractivity contribution is -0.137. The number of hydrogen-bond acceptors (Lipinski definition) is 3. The molecule has 0 aliphatic rings. The summed E-state index contributed by atoms with van der Waals surface area (Å²) in [6.07, 6.45) is -4.63. The zero-order valence-corrected chi connectivity index (χ0v) is 34.2. The first-order valence-corrected chi connectivity index (χ1v) is 20.2. The molecule has 0 saturated carbocycles. The van der Waals surface area contributed by atoms with E-state index in [2.05, 4.69) is 27.9 Å². The zero-order chi connectivity index (χ0) is 45.1. The van der Waals surface area contributed by atoms with Crippen LogP contribution in [0.25, 0.3) is 98.1 Å². The van der Waals surface area contributed by atoms with Crippen LogP contribution in [0.15, 0.2) is 152 Å². The molecule has 304 valence electrons. The normalized spacial score (nSPS) is 11.3. The van der Waals surface area contributed by atoms with E-state index in [0.29, 0.717) is 83.9 Å². The van der Waals surface area contributed by atoms with E-state index < -0.39 is 11.7 Å². The van der Waals surface area contributed by atoms with Crippen LogP contribution in [0, 0.1) is 54.1 Å². The van der Waals surface area contributed by atoms with Crippen molar-refractivity contribution < 1.29 is 13.2 Å². The number of hydrogen-bond donors (Lipinski definition) is 0. The van der Waals surface area contributed by atoms with Crippen LogP contribution in [0.2, 0.25) is 0 Å². The average molecular weight is 844 g/mol. The summed E-state index contributed by atoms with van der Waals surface area (Å²) >= 11 is 0. The van der Waals surface area contributed by atoms with Gasteiger partial charge in [0.15, 0.2) is 11.4 Å². The van der Waals surface area contributed by atoms with Crippen LogP contribution in [0.1, 0.15) is 27.8 Å². The van der Waals surface area contributed by atoms with E-state index >= 15 is 0 Å². The first-order valence-electron chi connectivity index (χ1n) is 20.2. The van der Waals surface area contributed by atoms with Crippen LogP contribution < -0.4 is 0 Å². The summed E-state index contributed by atoms with van der Waals surface area (Å²) in [5.74, 6) is 0. The molecule has 0 saturated heterocycles. The van der Waals surface area contributed by atoms with Crippen LogP contribution in [0.3, 0.4) is 0 Å². The van der Waals surface area contributed by atoms with Gasteiger partial charge in [0.05, 0.1) is 64.3 Å². The SMILES string of the molecule is [C-]#[N+]c1cc(C#N)cc(-c2ccc3c4ccccc4n(-c4cc(-c5cc(C)cc(C(F)(F)F)c5)cc(-n5c6ccccc6c6ccc(-c7cc(C#N)cc([N+]#[C-])c7)cc65)c4C#N)c3c2)c1. The molecule has 0 aliphatic heterocycles. The quantitative estimate of drug-likeness (QED) is 0.162. The number of halogens is 3. The molecule has 0 bridgehead atoms. The van der Waals surface area contributed by atoms with Crippen molar-refractivity contribution in [3.8, 4) is 63.0 Å². The number of aromatic nitrogens is 2. The van der Waals surface area contributed by atoms with Gasteiger partial charge in [0.1, 0.15) is 11.6 Å². The van der Waals surface area contributed by atoms with E-state index in [1.54, 1.807) is 49.4 Å². The molecule has 65 heavy (non-hydrogen) atoms. The van der Waals surface area contributed by atoms with Gasteiger partial charge in [-0.2, -0.15) is 29.0 Å². The van der Waals surface area contributed by atoms with Gasteiger partial charge in [-0.25, -0.2) is 9.69 Å². The molecule has 0 N–H and O–H groups in total. The Kier molecular flexibility index (Phi) is 9.29. The molecule has 0 atom stereocenters. The third-order valence-corrected chi connectivity index (χ3v) is 11.8. The summed E-state index contributed by atoms with van der Waals surface area (Å²) in [7, 11) is 0. The molecule has 7 nitrogen and oxygen atoms in total. The van der Waals surface area contributed by atoms with Crippen LogP contribution in [0.4, 0.5) is 24.5 Å². The van der Waals surface area contributed by atoms with Crippen LogP contribution in [-0.2, 0) is 6.18 Å². The minimum absolute atomic E-state index is 0.238. The lowest BCUT2D eigenvalue weighted by Gasteiger charge is -2.19. The topological polar surface area (TPSA) is 89.9 Å². The maximum atomic E-state index is 14.5. The zero-order valence-electron chi connectivity index (χ0n) is 34.2. The Morgan fingerprint density at radius 3 is 1.35 bits per heavy atom. The first kappa shape index (κ1) is 39.7. The second kappa shape index (κ2) is 15.2. The summed E-state index contributed by atoms with van der Waals surface area (Å²) in [4.78, 5) is 7.18. The number of alkyl halides is 3. The summed E-state index contributed by atoms with van der Waals surface area (Å²) in [6, 6.07) is 51.3. The molecule has 0 aliphatic carbocycles. The molecule has 10 heteroatoms. The molecular formula is C55H28F3N7. The highest BCUT2D eigenvalue weighted by molar-refractivity contribution is 6.12. The number of para-hydroxylation sites is 2. The van der Waals surface area contributed by atoms with Gasteiger partial charge in [-0.3, -0.25) is 0 Å². The van der Waals surface area contributed by atoms with Crippen molar-refractivity contribution in [3.63, 3.8) is 0 Å². The van der Waals surface area contributed by atoms with E-state index in [1.807, 2.05) is 94.1 Å². The fourth-order valence-electron chi connectivity index (χ4n) is 8.99. The van der Waals surface area contributed by atoms with E-state index in [4.69, 9.17) is 13.1 Å². The molecule has 10 rings (SSSR count). The van der Waals surface area contributed by atoms with Crippen molar-refractivity contribution in [2.75, 3.05) is 0 Å². The first-order chi connectivity index (χ1) is 31.5. The Balaban J connectivity index is 1.34. The number of fused-ring (bicyclic) bond motifs is 6. The highest BCUT2D eigenvalue weighted by atomic mass is 19.4. The third-order valence-electron chi connectivity index (χ3n) is 11.8. The van der Waals surface area contributed by atoms with Gasteiger partial charge < -0.3 is 9.13 Å². The molecule has 2 aromatic heterocycles. The molecule has 10 aromatic rings. The van der Waals surface area contributed by atoms with Crippen molar-refractivity contribution in [1.29, 1.82) is 15.8 Å². The van der Waals surface area contributed by atoms with E-state index in [9.17, 15) is 29.0 Å². The summed E-state index contributed by atoms with van der Waals surface area (Å²) < 4.78 is 47.5. The van der Waals surface area contributed by atoms with Crippen molar-refractivity contribution in [1.82, 2.24) is 9.13 Å². The minimum Gasteiger partial charge on any atom is -0.308 e. The summed E-state index contributed by atoms with van der Waals surface area (Å²) in [6.45, 7) is 17.0. The number of nitrogens with zero attached hydrogens (tertiary/aromatic N) is 7. The predicted octanol–water partition coefficient (Wildman–Crippen LogP) is 14.9. The van der Waals surface area contributed by atoms with Crippen molar-refractivity contribution >= 4 is 55.0 Å². The largest absolute Gasteiger partial charge is 0.416 e. The smallest absolute Gasteiger partial charge is 0.308 e. The van der Waals surface area contributed by atoms with Gasteiger partial charge in [0, 0.05) is 32.7 Å². The Hall–Kier alpha value is -9.40. The van der Waals surface area contributed by atoms with E-state index in [1.165, 1.54) is 12.1 Å². The molecule has 0 amide bonds. The Labute approximate surface area is 370 Å². The minimum atomic E-state index is -4.63. The van der Waals surface area contributed by atoms with Crippen LogP contribution in [0.5, 0.6) is 0 Å². The van der Waals surface area contributed by atoms with Crippen molar-refractivity contribution in [2.45, 2.75) is 13.1 Å². The molecule has 0 radical (unpaired) electrons. The highest BCUT2D eigenvalue weighted by Gasteiger charge is 2.31. The van der Waals surface area contributed by atoms with Gasteiger partial charge in [-0.05, 0) is 131 Å². The van der Waals surface area contributed by atoms with Gasteiger partial charge in [-0.1, -0.05) is 66.7 Å². The van der Waals surface area contributed by atoms with Crippen LogP contribution in [-0.4, -0.2) is 9.13 Å². The Morgan fingerprint density at radius 1 is 0.462 bits per heavy atom. The molecule has 8 aromatic carbocycles. The number of aryl methyl sites for hydroxylation is 1. The monoisotopic (exact) mass is 843 g/mol. The maximum Gasteiger partial charge on any atom is 0.416 e. The molecule has 0 unspecified atom stereocenters. The van der Waals surface area contributed by atoms with E-state index in [-0.39, 0.29) is 5.56 Å². The molecule has 0 spiro atoms. The molecular weight excluding hydrogens is 816 g/mol. The lowest BCUT2D eigenvalue weighted by atomic mass is 9.96. The summed E-state index contributed by atoms with van der Waals surface area (Å²) in [5, 5.41) is 34.6. The van der Waals surface area contributed by atoms with Crippen LogP contribution >= 0.6 is 0 Å². The van der Waals surface area contributed by atoms with Gasteiger partial charge >= 0.3 is 6.18 Å². The lowest BCUT2D eigenvalue weighted by Crippen LogP contribution is -2.07. The average Bonchev–Trinajstić information content (AvgIpc) is 3.84. The Morgan fingerprint density at radius 2 is 0.908 bits per heavy atom. The standard InChI is InChI=1S/C55H28F3N7/c1-32-16-37(22-41(17-32)55(56,57)58)40-27-53(64-49-10-6-4-8-44(49)46-14-12-35(25-51(46)64)38-18-33(29-59)20-42(23-38)62-2)48(31-61)54(28-40)65-50-11-7-5-9-45(50)47-15-13-36(26-52(47)65)39-19-34(30-60)21-43(24-39)63-3/h4-28H,1H3. The summed E-state index contributed by atoms with van der Waals surface area (Å²) in [5.41, 5.74) is 8.23. The van der Waals surface area contributed by atoms with E-state index in [0.717, 1.165) is 44.7 Å². The van der Waals surface area contributed by atoms with Crippen molar-refractivity contribution in [3.05, 3.63) is 202 Å². The number of benzene rings is 8. The third kappa shape index (κ3) is 6.66. The Bertz CT molecular complexity index is 3630. The second-order valence-corrected chi connectivity index (χ2v) is 15.7. The fraction of sp³-hybridized carbons (Fsp3) is 0.0364. The number of nitriles is 3. The predicted molar refractivity (Wildman–Crippen MR) is 248 cm³/mol. The maximum absolute atomic E-state index is 14.5. The highest BCUT2D eigenvalue weighted by Crippen LogP contribution is 2.43. The van der Waals surface area contributed by atoms with Crippen molar-refractivity contribution in [2.24, 2.45) is 0 Å². The number of rotatable bonds is 5. The second-order valence-electron chi connectivity index (χ2n) is 15.7. The van der Waals surface area contributed by atoms with Gasteiger partial charge in [-0.15, -0.1) is 0 Å².